The molecular weight excluding hydrogens is 428 g/mol. The zero-order chi connectivity index (χ0) is 23.6. The van der Waals surface area contributed by atoms with Crippen molar-refractivity contribution < 1.29 is 29.2 Å². The van der Waals surface area contributed by atoms with Crippen LogP contribution in [-0.4, -0.2) is 63.0 Å². The van der Waals surface area contributed by atoms with E-state index in [4.69, 9.17) is 14.5 Å². The minimum absolute atomic E-state index is 0.104. The molecule has 0 saturated heterocycles. The molecule has 0 radical (unpaired) electrons. The number of hydrogen-bond donors (Lipinski definition) is 4. The van der Waals surface area contributed by atoms with E-state index in [0.29, 0.717) is 49.8 Å². The molecule has 1 aliphatic heterocycles. The van der Waals surface area contributed by atoms with Crippen LogP contribution in [0.25, 0.3) is 0 Å². The Bertz CT molecular complexity index is 937. The standard InChI is InChI=1S/C23H30N4O6/c1-16(28)27(18-8-6-17(7-9-18)26-23(30)24-2)12-11-25-14-19(29)15-31-21-4-3-5-22-20(21)10-13-32-33-22/h3-9,19,25,29H,10-15H2,1-2H3,(H2,24,26,30). The molecule has 10 heteroatoms. The number of aliphatic hydroxyl groups is 1. The second kappa shape index (κ2) is 12.0. The van der Waals surface area contributed by atoms with E-state index in [-0.39, 0.29) is 18.5 Å². The van der Waals surface area contributed by atoms with E-state index in [1.807, 2.05) is 18.2 Å². The number of aliphatic hydroxyl groups excluding tert-OH is 1. The lowest BCUT2D eigenvalue weighted by molar-refractivity contribution is -0.215. The van der Waals surface area contributed by atoms with Gasteiger partial charge in [-0.2, -0.15) is 4.89 Å². The molecule has 3 amide bonds. The van der Waals surface area contributed by atoms with Crippen LogP contribution in [0.1, 0.15) is 12.5 Å². The maximum Gasteiger partial charge on any atom is 0.318 e. The SMILES string of the molecule is CNC(=O)Nc1ccc(N(CCNCC(O)COc2cccc3c2CCOO3)C(C)=O)cc1. The van der Waals surface area contributed by atoms with Gasteiger partial charge in [0.15, 0.2) is 5.75 Å². The first kappa shape index (κ1) is 24.3. The Labute approximate surface area is 192 Å². The summed E-state index contributed by atoms with van der Waals surface area (Å²) >= 11 is 0. The van der Waals surface area contributed by atoms with Crippen LogP contribution in [-0.2, 0) is 16.1 Å². The fourth-order valence-corrected chi connectivity index (χ4v) is 3.35. The van der Waals surface area contributed by atoms with E-state index in [0.717, 1.165) is 11.3 Å². The Balaban J connectivity index is 1.43. The zero-order valence-electron chi connectivity index (χ0n) is 18.8. The van der Waals surface area contributed by atoms with Gasteiger partial charge in [-0.25, -0.2) is 4.79 Å². The van der Waals surface area contributed by atoms with Crippen LogP contribution < -0.4 is 30.5 Å². The van der Waals surface area contributed by atoms with Crippen LogP contribution in [0.15, 0.2) is 42.5 Å². The number of carbonyl (C=O) groups is 2. The molecule has 2 aromatic rings. The number of urea groups is 1. The molecule has 0 fully saturated rings. The van der Waals surface area contributed by atoms with E-state index in [2.05, 4.69) is 16.0 Å². The smallest absolute Gasteiger partial charge is 0.318 e. The third-order valence-electron chi connectivity index (χ3n) is 5.04. The van der Waals surface area contributed by atoms with Crippen LogP contribution in [0.2, 0.25) is 0 Å². The van der Waals surface area contributed by atoms with Gasteiger partial charge in [-0.05, 0) is 36.4 Å². The molecule has 0 aromatic heterocycles. The van der Waals surface area contributed by atoms with Crippen molar-refractivity contribution in [2.45, 2.75) is 19.4 Å². The molecule has 2 aromatic carbocycles. The zero-order valence-corrected chi connectivity index (χ0v) is 18.8. The van der Waals surface area contributed by atoms with Gasteiger partial charge in [0.1, 0.15) is 18.5 Å². The number of carbonyl (C=O) groups excluding carboxylic acids is 2. The van der Waals surface area contributed by atoms with Crippen molar-refractivity contribution >= 4 is 23.3 Å². The predicted octanol–water partition coefficient (Wildman–Crippen LogP) is 1.69. The second-order valence-corrected chi connectivity index (χ2v) is 7.48. The minimum Gasteiger partial charge on any atom is -0.490 e. The summed E-state index contributed by atoms with van der Waals surface area (Å²) in [5.74, 6) is 1.20. The monoisotopic (exact) mass is 458 g/mol. The number of anilines is 2. The van der Waals surface area contributed by atoms with Crippen molar-refractivity contribution in [1.29, 1.82) is 0 Å². The highest BCUT2D eigenvalue weighted by Gasteiger charge is 2.17. The maximum atomic E-state index is 12.1. The van der Waals surface area contributed by atoms with Gasteiger partial charge in [0.2, 0.25) is 5.91 Å². The highest BCUT2D eigenvalue weighted by Crippen LogP contribution is 2.31. The lowest BCUT2D eigenvalue weighted by Crippen LogP contribution is -2.39. The Morgan fingerprint density at radius 3 is 2.73 bits per heavy atom. The number of benzene rings is 2. The van der Waals surface area contributed by atoms with E-state index < -0.39 is 6.10 Å². The molecular formula is C23H30N4O6. The Hall–Kier alpha value is -3.34. The molecule has 1 heterocycles. The number of amides is 3. The molecule has 1 aliphatic rings. The molecule has 178 valence electrons. The van der Waals surface area contributed by atoms with Crippen LogP contribution in [0.3, 0.4) is 0 Å². The lowest BCUT2D eigenvalue weighted by Gasteiger charge is -2.22. The van der Waals surface area contributed by atoms with E-state index in [1.54, 1.807) is 29.2 Å². The summed E-state index contributed by atoms with van der Waals surface area (Å²) in [6.07, 6.45) is -0.0358. The fourth-order valence-electron chi connectivity index (χ4n) is 3.35. The van der Waals surface area contributed by atoms with Gasteiger partial charge in [-0.3, -0.25) is 4.79 Å². The predicted molar refractivity (Wildman–Crippen MR) is 124 cm³/mol. The summed E-state index contributed by atoms with van der Waals surface area (Å²) in [4.78, 5) is 35.2. The molecule has 4 N–H and O–H groups in total. The van der Waals surface area contributed by atoms with Crippen molar-refractivity contribution in [2.24, 2.45) is 0 Å². The number of hydrogen-bond acceptors (Lipinski definition) is 7. The summed E-state index contributed by atoms with van der Waals surface area (Å²) in [6, 6.07) is 12.1. The normalized spacial score (nSPS) is 13.3. The van der Waals surface area contributed by atoms with Gasteiger partial charge in [-0.1, -0.05) is 6.07 Å². The molecule has 3 rings (SSSR count). The largest absolute Gasteiger partial charge is 0.490 e. The van der Waals surface area contributed by atoms with Crippen molar-refractivity contribution in [3.8, 4) is 11.5 Å². The van der Waals surface area contributed by atoms with Gasteiger partial charge in [-0.15, -0.1) is 0 Å². The van der Waals surface area contributed by atoms with Crippen molar-refractivity contribution in [3.63, 3.8) is 0 Å². The highest BCUT2D eigenvalue weighted by molar-refractivity contribution is 5.92. The summed E-state index contributed by atoms with van der Waals surface area (Å²) in [7, 11) is 1.54. The number of ether oxygens (including phenoxy) is 1. The number of fused-ring (bicyclic) bond motifs is 1. The van der Waals surface area contributed by atoms with Crippen molar-refractivity contribution in [2.75, 3.05) is 50.1 Å². The van der Waals surface area contributed by atoms with E-state index in [9.17, 15) is 14.7 Å². The first-order chi connectivity index (χ1) is 16.0. The van der Waals surface area contributed by atoms with Crippen LogP contribution >= 0.6 is 0 Å². The topological polar surface area (TPSA) is 121 Å². The molecule has 0 bridgehead atoms. The highest BCUT2D eigenvalue weighted by atomic mass is 17.2. The molecule has 0 saturated carbocycles. The van der Waals surface area contributed by atoms with E-state index in [1.165, 1.54) is 14.0 Å². The summed E-state index contributed by atoms with van der Waals surface area (Å²) < 4.78 is 5.77. The summed E-state index contributed by atoms with van der Waals surface area (Å²) in [6.45, 7) is 3.30. The molecule has 0 aliphatic carbocycles. The average molecular weight is 459 g/mol. The quantitative estimate of drug-likeness (QED) is 0.316. The van der Waals surface area contributed by atoms with Crippen molar-refractivity contribution in [3.05, 3.63) is 48.0 Å². The molecule has 1 unspecified atom stereocenters. The van der Waals surface area contributed by atoms with Gasteiger partial charge in [0.25, 0.3) is 0 Å². The number of rotatable bonds is 10. The summed E-state index contributed by atoms with van der Waals surface area (Å²) in [5, 5.41) is 18.6. The first-order valence-corrected chi connectivity index (χ1v) is 10.8. The molecule has 0 spiro atoms. The second-order valence-electron chi connectivity index (χ2n) is 7.48. The van der Waals surface area contributed by atoms with E-state index >= 15 is 0 Å². The average Bonchev–Trinajstić information content (AvgIpc) is 2.83. The Morgan fingerprint density at radius 2 is 2.00 bits per heavy atom. The first-order valence-electron chi connectivity index (χ1n) is 10.8. The third kappa shape index (κ3) is 7.07. The summed E-state index contributed by atoms with van der Waals surface area (Å²) in [5.41, 5.74) is 2.27. The molecule has 1 atom stereocenters. The van der Waals surface area contributed by atoms with Crippen LogP contribution in [0, 0.1) is 0 Å². The fraction of sp³-hybridized carbons (Fsp3) is 0.391. The number of nitrogens with zero attached hydrogens (tertiary/aromatic N) is 1. The number of nitrogens with one attached hydrogen (secondary N) is 3. The third-order valence-corrected chi connectivity index (χ3v) is 5.04. The van der Waals surface area contributed by atoms with Crippen LogP contribution in [0.4, 0.5) is 16.2 Å². The minimum atomic E-state index is -0.720. The van der Waals surface area contributed by atoms with Crippen molar-refractivity contribution in [1.82, 2.24) is 10.6 Å². The molecule has 33 heavy (non-hydrogen) atoms. The van der Waals surface area contributed by atoms with Gasteiger partial charge in [0, 0.05) is 57.0 Å². The van der Waals surface area contributed by atoms with Crippen LogP contribution in [0.5, 0.6) is 11.5 Å². The maximum absolute atomic E-state index is 12.1. The van der Waals surface area contributed by atoms with Gasteiger partial charge < -0.3 is 35.6 Å². The lowest BCUT2D eigenvalue weighted by atomic mass is 10.1. The molecule has 10 nitrogen and oxygen atoms in total. The van der Waals surface area contributed by atoms with Gasteiger partial charge in [0.05, 0.1) is 6.61 Å². The van der Waals surface area contributed by atoms with Gasteiger partial charge >= 0.3 is 6.03 Å². The Kier molecular flexibility index (Phi) is 8.87. The Morgan fingerprint density at radius 1 is 1.21 bits per heavy atom.